The lowest BCUT2D eigenvalue weighted by Crippen LogP contribution is -2.42. The molecule has 0 aliphatic carbocycles. The molecule has 3 nitrogen and oxygen atoms in total. The van der Waals surface area contributed by atoms with Gasteiger partial charge in [-0.1, -0.05) is 6.58 Å². The number of rotatable bonds is 2. The molecule has 0 radical (unpaired) electrons. The minimum atomic E-state index is 0.384. The van der Waals surface area contributed by atoms with Crippen molar-refractivity contribution in [3.05, 3.63) is 12.3 Å². The van der Waals surface area contributed by atoms with Crippen molar-refractivity contribution in [3.63, 3.8) is 0 Å². The van der Waals surface area contributed by atoms with Gasteiger partial charge < -0.3 is 0 Å². The van der Waals surface area contributed by atoms with Crippen LogP contribution in [-0.4, -0.2) is 53.8 Å². The zero-order valence-corrected chi connectivity index (χ0v) is 11.8. The van der Waals surface area contributed by atoms with Crippen molar-refractivity contribution in [2.24, 2.45) is 10.5 Å². The Morgan fingerprint density at radius 2 is 2.18 bits per heavy atom. The molecule has 0 saturated carbocycles. The van der Waals surface area contributed by atoms with Gasteiger partial charge in [-0.3, -0.25) is 9.91 Å². The molecule has 1 atom stereocenters. The summed E-state index contributed by atoms with van der Waals surface area (Å²) >= 11 is 2.07. The van der Waals surface area contributed by atoms with Gasteiger partial charge in [0, 0.05) is 49.3 Å². The number of hydrazone groups is 1. The van der Waals surface area contributed by atoms with Crippen molar-refractivity contribution >= 4 is 18.5 Å². The maximum Gasteiger partial charge on any atom is 0.0489 e. The number of hydrogen-bond donors (Lipinski definition) is 0. The predicted octanol–water partition coefficient (Wildman–Crippen LogP) is 2.27. The molecule has 0 aromatic heterocycles. The van der Waals surface area contributed by atoms with Crippen molar-refractivity contribution in [2.75, 3.05) is 31.1 Å². The van der Waals surface area contributed by atoms with Crippen molar-refractivity contribution in [3.8, 4) is 0 Å². The Morgan fingerprint density at radius 1 is 1.41 bits per heavy atom. The summed E-state index contributed by atoms with van der Waals surface area (Å²) in [5, 5.41) is 6.17. The van der Waals surface area contributed by atoms with E-state index in [1.807, 2.05) is 5.01 Å². The summed E-state index contributed by atoms with van der Waals surface area (Å²) in [6.45, 7) is 15.5. The van der Waals surface area contributed by atoms with Gasteiger partial charge in [-0.15, -0.1) is 0 Å². The molecule has 96 valence electrons. The lowest BCUT2D eigenvalue weighted by atomic mass is 9.86. The normalized spacial score (nSPS) is 31.2. The molecule has 2 saturated heterocycles. The maximum atomic E-state index is 4.16. The van der Waals surface area contributed by atoms with Crippen LogP contribution in [0, 0.1) is 5.41 Å². The predicted molar refractivity (Wildman–Crippen MR) is 76.5 cm³/mol. The average Bonchev–Trinajstić information content (AvgIpc) is 2.67. The summed E-state index contributed by atoms with van der Waals surface area (Å²) in [4.78, 5) is 2.53. The Hall–Kier alpha value is -0.480. The number of nitrogens with zero attached hydrogens (tertiary/aromatic N) is 3. The third-order valence-electron chi connectivity index (χ3n) is 3.86. The van der Waals surface area contributed by atoms with E-state index in [0.29, 0.717) is 11.5 Å². The summed E-state index contributed by atoms with van der Waals surface area (Å²) in [5.74, 6) is 2.53. The molecule has 2 aliphatic heterocycles. The number of hydrogen-bond acceptors (Lipinski definition) is 4. The first-order valence-electron chi connectivity index (χ1n) is 6.30. The Morgan fingerprint density at radius 3 is 2.71 bits per heavy atom. The molecule has 4 heteroatoms. The van der Waals surface area contributed by atoms with Crippen LogP contribution in [0.2, 0.25) is 0 Å². The SMILES string of the molecule is C=NN1CC2(CCSC2)CN(C(C)C)CC1=C. The zero-order chi connectivity index (χ0) is 12.5. The molecule has 0 bridgehead atoms. The van der Waals surface area contributed by atoms with E-state index in [1.54, 1.807) is 0 Å². The van der Waals surface area contributed by atoms with Crippen molar-refractivity contribution in [1.29, 1.82) is 0 Å². The van der Waals surface area contributed by atoms with Crippen LogP contribution in [0.3, 0.4) is 0 Å². The van der Waals surface area contributed by atoms with Gasteiger partial charge in [-0.25, -0.2) is 0 Å². The van der Waals surface area contributed by atoms with E-state index in [1.165, 1.54) is 24.5 Å². The Balaban J connectivity index is 2.22. The Bertz CT molecular complexity index is 308. The summed E-state index contributed by atoms with van der Waals surface area (Å²) in [6, 6.07) is 0.569. The van der Waals surface area contributed by atoms with Gasteiger partial charge in [0.2, 0.25) is 0 Å². The highest BCUT2D eigenvalue weighted by Crippen LogP contribution is 2.40. The van der Waals surface area contributed by atoms with E-state index in [2.05, 4.69) is 48.9 Å². The van der Waals surface area contributed by atoms with Crippen LogP contribution < -0.4 is 0 Å². The van der Waals surface area contributed by atoms with Gasteiger partial charge in [0.15, 0.2) is 0 Å². The van der Waals surface area contributed by atoms with Crippen LogP contribution in [0.25, 0.3) is 0 Å². The van der Waals surface area contributed by atoms with E-state index in [0.717, 1.165) is 18.8 Å². The van der Waals surface area contributed by atoms with Crippen LogP contribution in [0.1, 0.15) is 20.3 Å². The topological polar surface area (TPSA) is 18.8 Å². The molecular formula is C13H23N3S. The first-order chi connectivity index (χ1) is 8.06. The van der Waals surface area contributed by atoms with Gasteiger partial charge >= 0.3 is 0 Å². The van der Waals surface area contributed by atoms with Gasteiger partial charge in [0.25, 0.3) is 0 Å². The largest absolute Gasteiger partial charge is 0.295 e. The molecule has 0 aromatic carbocycles. The van der Waals surface area contributed by atoms with E-state index in [4.69, 9.17) is 0 Å². The standard InChI is InChI=1S/C13H23N3S/c1-11(2)15-7-12(3)16(14-4)9-13(8-15)5-6-17-10-13/h11H,3-10H2,1-2H3. The lowest BCUT2D eigenvalue weighted by molar-refractivity contribution is 0.154. The Labute approximate surface area is 109 Å². The van der Waals surface area contributed by atoms with Crippen LogP contribution in [-0.2, 0) is 0 Å². The monoisotopic (exact) mass is 253 g/mol. The highest BCUT2D eigenvalue weighted by atomic mass is 32.2. The molecule has 1 spiro atoms. The molecule has 0 N–H and O–H groups in total. The van der Waals surface area contributed by atoms with Crippen molar-refractivity contribution in [2.45, 2.75) is 26.3 Å². The fourth-order valence-corrected chi connectivity index (χ4v) is 4.18. The number of thioether (sulfide) groups is 1. The van der Waals surface area contributed by atoms with Crippen LogP contribution in [0.4, 0.5) is 0 Å². The highest BCUT2D eigenvalue weighted by molar-refractivity contribution is 7.99. The summed E-state index contributed by atoms with van der Waals surface area (Å²) in [5.41, 5.74) is 1.47. The van der Waals surface area contributed by atoms with Crippen LogP contribution in [0.5, 0.6) is 0 Å². The summed E-state index contributed by atoms with van der Waals surface area (Å²) in [6.07, 6.45) is 1.29. The molecule has 2 rings (SSSR count). The van der Waals surface area contributed by atoms with Crippen LogP contribution in [0.15, 0.2) is 17.4 Å². The zero-order valence-electron chi connectivity index (χ0n) is 11.0. The lowest BCUT2D eigenvalue weighted by Gasteiger charge is -2.34. The fourth-order valence-electron chi connectivity index (χ4n) is 2.70. The average molecular weight is 253 g/mol. The van der Waals surface area contributed by atoms with E-state index in [-0.39, 0.29) is 0 Å². The first-order valence-corrected chi connectivity index (χ1v) is 7.45. The Kier molecular flexibility index (Phi) is 3.83. The summed E-state index contributed by atoms with van der Waals surface area (Å²) < 4.78 is 0. The minimum absolute atomic E-state index is 0.384. The van der Waals surface area contributed by atoms with Gasteiger partial charge in [-0.2, -0.15) is 16.9 Å². The van der Waals surface area contributed by atoms with Crippen molar-refractivity contribution < 1.29 is 0 Å². The molecule has 1 unspecified atom stereocenters. The maximum absolute atomic E-state index is 4.16. The second kappa shape index (κ2) is 5.02. The smallest absolute Gasteiger partial charge is 0.0489 e. The summed E-state index contributed by atoms with van der Waals surface area (Å²) in [7, 11) is 0. The molecule has 17 heavy (non-hydrogen) atoms. The van der Waals surface area contributed by atoms with Crippen LogP contribution >= 0.6 is 11.8 Å². The molecule has 0 aromatic rings. The van der Waals surface area contributed by atoms with E-state index < -0.39 is 0 Å². The molecule has 2 fully saturated rings. The highest BCUT2D eigenvalue weighted by Gasteiger charge is 2.40. The second-order valence-corrected chi connectivity index (χ2v) is 6.67. The van der Waals surface area contributed by atoms with E-state index >= 15 is 0 Å². The third kappa shape index (κ3) is 2.68. The first kappa shape index (κ1) is 13.0. The van der Waals surface area contributed by atoms with Gasteiger partial charge in [-0.05, 0) is 26.0 Å². The fraction of sp³-hybridized carbons (Fsp3) is 0.769. The van der Waals surface area contributed by atoms with Gasteiger partial charge in [0.05, 0.1) is 0 Å². The second-order valence-electron chi connectivity index (χ2n) is 5.57. The molecular weight excluding hydrogens is 230 g/mol. The van der Waals surface area contributed by atoms with E-state index in [9.17, 15) is 0 Å². The van der Waals surface area contributed by atoms with Gasteiger partial charge in [0.1, 0.15) is 0 Å². The van der Waals surface area contributed by atoms with Crippen molar-refractivity contribution in [1.82, 2.24) is 9.91 Å². The quantitative estimate of drug-likeness (QED) is 0.704. The molecule has 2 aliphatic rings. The molecule has 0 amide bonds. The minimum Gasteiger partial charge on any atom is -0.295 e. The molecule has 2 heterocycles. The third-order valence-corrected chi connectivity index (χ3v) is 5.17.